The van der Waals surface area contributed by atoms with Crippen molar-refractivity contribution < 1.29 is 33.0 Å². The molecule has 3 rings (SSSR count). The Morgan fingerprint density at radius 3 is 2.19 bits per heavy atom. The maximum absolute atomic E-state index is 12.9. The van der Waals surface area contributed by atoms with Crippen molar-refractivity contribution in [3.05, 3.63) is 65.7 Å². The molecule has 1 aliphatic heterocycles. The molecule has 0 aliphatic carbocycles. The molecular formula is C32H44N2O7S. The lowest BCUT2D eigenvalue weighted by atomic mass is 9.87. The largest absolute Gasteiger partial charge is 0.396 e. The monoisotopic (exact) mass is 600 g/mol. The van der Waals surface area contributed by atoms with Gasteiger partial charge in [-0.1, -0.05) is 56.3 Å². The lowest BCUT2D eigenvalue weighted by molar-refractivity contribution is -0.138. The molecular weight excluding hydrogens is 556 g/mol. The third-order valence-corrected chi connectivity index (χ3v) is 9.80. The van der Waals surface area contributed by atoms with Crippen LogP contribution in [0, 0.1) is 11.3 Å². The van der Waals surface area contributed by atoms with Gasteiger partial charge in [0.25, 0.3) is 0 Å². The minimum Gasteiger partial charge on any atom is -0.396 e. The van der Waals surface area contributed by atoms with E-state index in [9.17, 15) is 33.0 Å². The number of amides is 1. The van der Waals surface area contributed by atoms with E-state index in [1.807, 2.05) is 18.2 Å². The van der Waals surface area contributed by atoms with Gasteiger partial charge in [-0.2, -0.15) is 0 Å². The van der Waals surface area contributed by atoms with Gasteiger partial charge in [0, 0.05) is 31.3 Å². The molecule has 42 heavy (non-hydrogen) atoms. The molecule has 2 aromatic carbocycles. The van der Waals surface area contributed by atoms with Gasteiger partial charge in [0.2, 0.25) is 5.91 Å². The molecule has 1 amide bonds. The number of likely N-dealkylation sites (tertiary alicyclic amines) is 1. The van der Waals surface area contributed by atoms with Gasteiger partial charge in [0.05, 0.1) is 17.3 Å². The highest BCUT2D eigenvalue weighted by Gasteiger charge is 2.33. The second-order valence-corrected chi connectivity index (χ2v) is 14.0. The molecule has 230 valence electrons. The van der Waals surface area contributed by atoms with Crippen LogP contribution in [0.2, 0.25) is 0 Å². The fourth-order valence-corrected chi connectivity index (χ4v) is 6.38. The van der Waals surface area contributed by atoms with Gasteiger partial charge < -0.3 is 15.5 Å². The Bertz CT molecular complexity index is 1290. The summed E-state index contributed by atoms with van der Waals surface area (Å²) in [4.78, 5) is 39.1. The van der Waals surface area contributed by atoms with Crippen LogP contribution in [0.5, 0.6) is 0 Å². The molecule has 2 aromatic rings. The van der Waals surface area contributed by atoms with Crippen molar-refractivity contribution in [2.75, 3.05) is 32.0 Å². The third-order valence-electron chi connectivity index (χ3n) is 8.03. The molecule has 1 saturated heterocycles. The first-order valence-electron chi connectivity index (χ1n) is 14.6. The molecule has 0 bridgehead atoms. The van der Waals surface area contributed by atoms with E-state index in [1.165, 1.54) is 19.4 Å². The van der Waals surface area contributed by atoms with Crippen LogP contribution in [-0.4, -0.2) is 79.1 Å². The topological polar surface area (TPSA) is 141 Å². The van der Waals surface area contributed by atoms with Crippen LogP contribution in [0.25, 0.3) is 0 Å². The molecule has 1 fully saturated rings. The lowest BCUT2D eigenvalue weighted by Crippen LogP contribution is -2.46. The van der Waals surface area contributed by atoms with Crippen molar-refractivity contribution in [1.29, 1.82) is 0 Å². The summed E-state index contributed by atoms with van der Waals surface area (Å²) < 4.78 is 25.9. The summed E-state index contributed by atoms with van der Waals surface area (Å²) in [5, 5.41) is 21.6. The van der Waals surface area contributed by atoms with E-state index in [0.29, 0.717) is 18.8 Å². The standard InChI is InChI=1S/C32H44N2O7S/c1-32(2,23-35)30(38)31(39)33-18-14-29(37)28(36)13-10-24-8-11-27(12-9-24)42(40,41)21-17-25-15-19-34(20-16-25)22-26-6-4-3-5-7-26/h3-9,11-12,25,30,35,38H,10,13-23H2,1-2H3,(H,33,39)/t30-/m0/s1. The number of carbonyl (C=O) groups is 3. The minimum absolute atomic E-state index is 0.0258. The number of aryl methyl sites for hydroxylation is 1. The number of sulfone groups is 1. The van der Waals surface area contributed by atoms with Crippen LogP contribution in [-0.2, 0) is 37.2 Å². The fourth-order valence-electron chi connectivity index (χ4n) is 4.95. The fraction of sp³-hybridized carbons (Fsp3) is 0.531. The van der Waals surface area contributed by atoms with Gasteiger partial charge in [-0.25, -0.2) is 8.42 Å². The summed E-state index contributed by atoms with van der Waals surface area (Å²) in [6.07, 6.45) is 1.25. The average Bonchev–Trinajstić information content (AvgIpc) is 2.99. The first-order chi connectivity index (χ1) is 19.9. The van der Waals surface area contributed by atoms with Crippen LogP contribution in [0.4, 0.5) is 0 Å². The molecule has 0 saturated carbocycles. The summed E-state index contributed by atoms with van der Waals surface area (Å²) in [5.74, 6) is -1.43. The summed E-state index contributed by atoms with van der Waals surface area (Å²) in [5.41, 5.74) is 1.02. The lowest BCUT2D eigenvalue weighted by Gasteiger charge is -2.32. The molecule has 3 N–H and O–H groups in total. The Kier molecular flexibility index (Phi) is 12.4. The van der Waals surface area contributed by atoms with Crippen molar-refractivity contribution in [3.63, 3.8) is 0 Å². The van der Waals surface area contributed by atoms with Gasteiger partial charge >= 0.3 is 0 Å². The number of benzene rings is 2. The number of piperidine rings is 1. The summed E-state index contributed by atoms with van der Waals surface area (Å²) in [6, 6.07) is 16.8. The molecule has 1 aliphatic rings. The number of nitrogens with one attached hydrogen (secondary N) is 1. The molecule has 1 heterocycles. The van der Waals surface area contributed by atoms with Crippen LogP contribution in [0.3, 0.4) is 0 Å². The molecule has 0 radical (unpaired) electrons. The summed E-state index contributed by atoms with van der Waals surface area (Å²) in [6.45, 7) is 5.44. The van der Waals surface area contributed by atoms with Crippen LogP contribution in [0.1, 0.15) is 57.1 Å². The van der Waals surface area contributed by atoms with E-state index >= 15 is 0 Å². The van der Waals surface area contributed by atoms with Crippen molar-refractivity contribution >= 4 is 27.3 Å². The first kappa shape index (κ1) is 33.6. The highest BCUT2D eigenvalue weighted by molar-refractivity contribution is 7.91. The summed E-state index contributed by atoms with van der Waals surface area (Å²) in [7, 11) is -3.42. The minimum atomic E-state index is -3.42. The Labute approximate surface area is 249 Å². The van der Waals surface area contributed by atoms with Gasteiger partial charge in [-0.05, 0) is 68.0 Å². The number of rotatable bonds is 16. The SMILES string of the molecule is CC(C)(CO)[C@@H](O)C(=O)NCCC(=O)C(=O)CCc1ccc(S(=O)(=O)CCC2CCN(Cc3ccccc3)CC2)cc1. The van der Waals surface area contributed by atoms with E-state index in [-0.39, 0.29) is 36.6 Å². The van der Waals surface area contributed by atoms with E-state index < -0.39 is 38.8 Å². The summed E-state index contributed by atoms with van der Waals surface area (Å²) >= 11 is 0. The number of ketones is 2. The highest BCUT2D eigenvalue weighted by atomic mass is 32.2. The van der Waals surface area contributed by atoms with Crippen molar-refractivity contribution in [2.45, 2.75) is 69.9 Å². The second-order valence-electron chi connectivity index (χ2n) is 11.9. The predicted octanol–water partition coefficient (Wildman–Crippen LogP) is 2.72. The molecule has 1 atom stereocenters. The number of Topliss-reactive ketones (excluding diaryl/α,β-unsaturated/α-hetero) is 2. The van der Waals surface area contributed by atoms with Crippen LogP contribution in [0.15, 0.2) is 59.5 Å². The smallest absolute Gasteiger partial charge is 0.249 e. The zero-order chi connectivity index (χ0) is 30.8. The van der Waals surface area contributed by atoms with Gasteiger partial charge in [0.15, 0.2) is 21.4 Å². The number of aliphatic hydroxyl groups is 2. The van der Waals surface area contributed by atoms with Crippen molar-refractivity contribution in [2.24, 2.45) is 11.3 Å². The van der Waals surface area contributed by atoms with Crippen molar-refractivity contribution in [3.8, 4) is 0 Å². The van der Waals surface area contributed by atoms with E-state index in [1.54, 1.807) is 24.3 Å². The van der Waals surface area contributed by atoms with E-state index in [4.69, 9.17) is 0 Å². The molecule has 9 nitrogen and oxygen atoms in total. The normalized spacial score (nSPS) is 15.7. The Hall–Kier alpha value is -2.92. The molecule has 10 heteroatoms. The Morgan fingerprint density at radius 1 is 0.952 bits per heavy atom. The number of carbonyl (C=O) groups excluding carboxylic acids is 3. The third kappa shape index (κ3) is 10.1. The molecule has 0 unspecified atom stereocenters. The molecule has 0 spiro atoms. The van der Waals surface area contributed by atoms with Crippen LogP contribution < -0.4 is 5.32 Å². The number of hydrogen-bond donors (Lipinski definition) is 3. The maximum atomic E-state index is 12.9. The van der Waals surface area contributed by atoms with E-state index in [0.717, 1.165) is 38.0 Å². The van der Waals surface area contributed by atoms with Crippen molar-refractivity contribution in [1.82, 2.24) is 10.2 Å². The number of nitrogens with zero attached hydrogens (tertiary/aromatic N) is 1. The average molecular weight is 601 g/mol. The molecule has 0 aromatic heterocycles. The zero-order valence-electron chi connectivity index (χ0n) is 24.6. The highest BCUT2D eigenvalue weighted by Crippen LogP contribution is 2.24. The number of aliphatic hydroxyl groups excluding tert-OH is 2. The zero-order valence-corrected chi connectivity index (χ0v) is 25.4. The number of hydrogen-bond acceptors (Lipinski definition) is 8. The van der Waals surface area contributed by atoms with Gasteiger partial charge in [0.1, 0.15) is 6.10 Å². The van der Waals surface area contributed by atoms with Gasteiger partial charge in [-0.15, -0.1) is 0 Å². The maximum Gasteiger partial charge on any atom is 0.249 e. The Morgan fingerprint density at radius 2 is 1.57 bits per heavy atom. The second kappa shape index (κ2) is 15.5. The van der Waals surface area contributed by atoms with E-state index in [2.05, 4.69) is 22.3 Å². The van der Waals surface area contributed by atoms with Crippen LogP contribution >= 0.6 is 0 Å². The quantitative estimate of drug-likeness (QED) is 0.250. The predicted molar refractivity (Wildman–Crippen MR) is 160 cm³/mol. The van der Waals surface area contributed by atoms with Gasteiger partial charge in [-0.3, -0.25) is 19.3 Å². The first-order valence-corrected chi connectivity index (χ1v) is 16.3. The Balaban J connectivity index is 1.37.